The molecule has 9 heteroatoms. The second-order valence-corrected chi connectivity index (χ2v) is 5.24. The van der Waals surface area contributed by atoms with Gasteiger partial charge in [-0.1, -0.05) is 11.3 Å². The van der Waals surface area contributed by atoms with Gasteiger partial charge in [0.05, 0.1) is 0 Å². The first-order chi connectivity index (χ1) is 9.79. The molecule has 0 saturated carbocycles. The van der Waals surface area contributed by atoms with Gasteiger partial charge in [-0.05, 0) is 13.3 Å². The van der Waals surface area contributed by atoms with E-state index in [2.05, 4.69) is 10.1 Å². The Morgan fingerprint density at radius 1 is 1.48 bits per heavy atom. The summed E-state index contributed by atoms with van der Waals surface area (Å²) in [6.07, 6.45) is -3.87. The number of aryl methyl sites for hydroxylation is 1. The molecule has 1 N–H and O–H groups in total. The molecule has 0 aromatic carbocycles. The van der Waals surface area contributed by atoms with E-state index in [1.165, 1.54) is 4.57 Å². The molecule has 1 rings (SSSR count). The molecule has 0 aliphatic heterocycles. The van der Waals surface area contributed by atoms with Gasteiger partial charge in [0.1, 0.15) is 6.61 Å². The van der Waals surface area contributed by atoms with Crippen LogP contribution in [0.15, 0.2) is 10.2 Å². The summed E-state index contributed by atoms with van der Waals surface area (Å²) in [5.74, 6) is -0.247. The summed E-state index contributed by atoms with van der Waals surface area (Å²) in [7, 11) is 0. The highest BCUT2D eigenvalue weighted by molar-refractivity contribution is 7.07. The summed E-state index contributed by atoms with van der Waals surface area (Å²) >= 11 is 1.08. The molecule has 0 unspecified atom stereocenters. The fourth-order valence-corrected chi connectivity index (χ4v) is 2.33. The summed E-state index contributed by atoms with van der Waals surface area (Å²) in [6, 6.07) is 0. The maximum Gasteiger partial charge on any atom is 0.411 e. The molecule has 0 atom stereocenters. The zero-order valence-corrected chi connectivity index (χ0v) is 12.4. The summed E-state index contributed by atoms with van der Waals surface area (Å²) < 4.78 is 41.2. The summed E-state index contributed by atoms with van der Waals surface area (Å²) in [4.78, 5) is 22.8. The maximum atomic E-state index is 11.8. The second kappa shape index (κ2) is 8.18. The topological polar surface area (TPSA) is 60.3 Å². The van der Waals surface area contributed by atoms with Crippen LogP contribution in [0.25, 0.3) is 0 Å². The summed E-state index contributed by atoms with van der Waals surface area (Å²) in [5.41, 5.74) is 0.804. The van der Waals surface area contributed by atoms with Crippen LogP contribution in [-0.4, -0.2) is 36.4 Å². The van der Waals surface area contributed by atoms with Crippen LogP contribution in [0, 0.1) is 6.92 Å². The van der Waals surface area contributed by atoms with Gasteiger partial charge >= 0.3 is 11.0 Å². The molecule has 120 valence electrons. The van der Waals surface area contributed by atoms with Crippen LogP contribution < -0.4 is 10.2 Å². The minimum absolute atomic E-state index is 0.0666. The maximum absolute atomic E-state index is 11.8. The number of nitrogens with zero attached hydrogens (tertiary/aromatic N) is 1. The Bertz CT molecular complexity index is 511. The number of hydrogen-bond acceptors (Lipinski definition) is 4. The third-order valence-corrected chi connectivity index (χ3v) is 3.47. The number of ether oxygens (including phenoxy) is 1. The van der Waals surface area contributed by atoms with E-state index in [1.54, 1.807) is 12.3 Å². The molecular weight excluding hydrogens is 309 g/mol. The number of alkyl halides is 3. The van der Waals surface area contributed by atoms with Crippen LogP contribution in [0.1, 0.15) is 18.5 Å². The van der Waals surface area contributed by atoms with Crippen molar-refractivity contribution in [3.63, 3.8) is 0 Å². The van der Waals surface area contributed by atoms with Crippen molar-refractivity contribution in [2.45, 2.75) is 32.5 Å². The Hall–Kier alpha value is -1.35. The van der Waals surface area contributed by atoms with E-state index in [1.807, 2.05) is 0 Å². The van der Waals surface area contributed by atoms with Gasteiger partial charge in [0.25, 0.3) is 0 Å². The van der Waals surface area contributed by atoms with Crippen molar-refractivity contribution in [2.75, 3.05) is 19.8 Å². The summed E-state index contributed by atoms with van der Waals surface area (Å²) in [6.45, 7) is 0.983. The van der Waals surface area contributed by atoms with Crippen LogP contribution in [0.4, 0.5) is 13.2 Å². The van der Waals surface area contributed by atoms with Gasteiger partial charge in [-0.3, -0.25) is 9.59 Å². The van der Waals surface area contributed by atoms with Gasteiger partial charge < -0.3 is 14.6 Å². The van der Waals surface area contributed by atoms with E-state index in [9.17, 15) is 22.8 Å². The molecule has 1 heterocycles. The number of rotatable bonds is 8. The first-order valence-electron chi connectivity index (χ1n) is 6.36. The number of thiazole rings is 1. The minimum Gasteiger partial charge on any atom is -0.372 e. The van der Waals surface area contributed by atoms with Crippen LogP contribution in [0.3, 0.4) is 0 Å². The average molecular weight is 326 g/mol. The van der Waals surface area contributed by atoms with E-state index < -0.39 is 12.8 Å². The van der Waals surface area contributed by atoms with Crippen molar-refractivity contribution in [3.05, 3.63) is 20.7 Å². The lowest BCUT2D eigenvalue weighted by Crippen LogP contribution is -2.28. The van der Waals surface area contributed by atoms with Crippen molar-refractivity contribution < 1.29 is 22.7 Å². The van der Waals surface area contributed by atoms with Crippen LogP contribution in [0.5, 0.6) is 0 Å². The predicted molar refractivity (Wildman–Crippen MR) is 72.4 cm³/mol. The molecule has 0 aliphatic rings. The lowest BCUT2D eigenvalue weighted by molar-refractivity contribution is -0.174. The van der Waals surface area contributed by atoms with E-state index >= 15 is 0 Å². The molecule has 5 nitrogen and oxygen atoms in total. The number of amides is 1. The van der Waals surface area contributed by atoms with Crippen molar-refractivity contribution in [3.8, 4) is 0 Å². The first-order valence-corrected chi connectivity index (χ1v) is 7.23. The van der Waals surface area contributed by atoms with Gasteiger partial charge in [-0.2, -0.15) is 13.2 Å². The predicted octanol–water partition coefficient (Wildman–Crippen LogP) is 1.69. The average Bonchev–Trinajstić information content (AvgIpc) is 2.69. The van der Waals surface area contributed by atoms with Gasteiger partial charge in [0.2, 0.25) is 5.91 Å². The Labute approximate surface area is 123 Å². The van der Waals surface area contributed by atoms with Crippen LogP contribution in [-0.2, 0) is 16.1 Å². The van der Waals surface area contributed by atoms with Crippen molar-refractivity contribution >= 4 is 17.2 Å². The van der Waals surface area contributed by atoms with Gasteiger partial charge in [0, 0.05) is 37.2 Å². The zero-order valence-electron chi connectivity index (χ0n) is 11.5. The molecule has 0 saturated heterocycles. The van der Waals surface area contributed by atoms with Crippen molar-refractivity contribution in [1.29, 1.82) is 0 Å². The molecule has 0 radical (unpaired) electrons. The lowest BCUT2D eigenvalue weighted by atomic mass is 10.3. The number of aromatic nitrogens is 1. The SMILES string of the molecule is Cc1csc(=O)n1CCC(=O)NCCCOCC(F)(F)F. The Kier molecular flexibility index (Phi) is 6.90. The highest BCUT2D eigenvalue weighted by atomic mass is 32.1. The molecule has 21 heavy (non-hydrogen) atoms. The molecule has 0 bridgehead atoms. The number of nitrogens with one attached hydrogen (secondary N) is 1. The van der Waals surface area contributed by atoms with Crippen LogP contribution >= 0.6 is 11.3 Å². The Morgan fingerprint density at radius 3 is 2.76 bits per heavy atom. The zero-order chi connectivity index (χ0) is 15.9. The molecule has 1 aromatic rings. The number of carbonyl (C=O) groups is 1. The van der Waals surface area contributed by atoms with Gasteiger partial charge in [-0.15, -0.1) is 0 Å². The second-order valence-electron chi connectivity index (χ2n) is 4.42. The molecule has 1 amide bonds. The van der Waals surface area contributed by atoms with Gasteiger partial charge in [0.15, 0.2) is 0 Å². The van der Waals surface area contributed by atoms with E-state index in [0.29, 0.717) is 13.0 Å². The molecule has 0 aliphatic carbocycles. The van der Waals surface area contributed by atoms with Crippen LogP contribution in [0.2, 0.25) is 0 Å². The standard InChI is InChI=1S/C12H17F3N2O3S/c1-9-7-21-11(19)17(9)5-3-10(18)16-4-2-6-20-8-12(13,14)15/h7H,2-6,8H2,1H3,(H,16,18). The fraction of sp³-hybridized carbons (Fsp3) is 0.667. The van der Waals surface area contributed by atoms with E-state index in [4.69, 9.17) is 0 Å². The third-order valence-electron chi connectivity index (χ3n) is 2.59. The number of halogens is 3. The Morgan fingerprint density at radius 2 is 2.19 bits per heavy atom. The van der Waals surface area contributed by atoms with Gasteiger partial charge in [-0.25, -0.2) is 0 Å². The molecule has 0 spiro atoms. The first kappa shape index (κ1) is 17.7. The molecular formula is C12H17F3N2O3S. The smallest absolute Gasteiger partial charge is 0.372 e. The molecule has 0 fully saturated rings. The fourth-order valence-electron chi connectivity index (χ4n) is 1.57. The van der Waals surface area contributed by atoms with E-state index in [-0.39, 0.29) is 30.4 Å². The monoisotopic (exact) mass is 326 g/mol. The third kappa shape index (κ3) is 7.28. The summed E-state index contributed by atoms with van der Waals surface area (Å²) in [5, 5.41) is 4.29. The quantitative estimate of drug-likeness (QED) is 0.740. The normalized spacial score (nSPS) is 11.6. The van der Waals surface area contributed by atoms with E-state index in [0.717, 1.165) is 17.0 Å². The lowest BCUT2D eigenvalue weighted by Gasteiger charge is -2.08. The number of carbonyl (C=O) groups excluding carboxylic acids is 1. The van der Waals surface area contributed by atoms with Crippen molar-refractivity contribution in [2.24, 2.45) is 0 Å². The van der Waals surface area contributed by atoms with Crippen molar-refractivity contribution in [1.82, 2.24) is 9.88 Å². The number of hydrogen-bond donors (Lipinski definition) is 1. The highest BCUT2D eigenvalue weighted by Gasteiger charge is 2.27. The minimum atomic E-state index is -4.32. The Balaban J connectivity index is 2.11. The highest BCUT2D eigenvalue weighted by Crippen LogP contribution is 2.14. The largest absolute Gasteiger partial charge is 0.411 e. The molecule has 1 aromatic heterocycles.